The van der Waals surface area contributed by atoms with Crippen molar-refractivity contribution in [1.29, 1.82) is 0 Å². The van der Waals surface area contributed by atoms with Crippen molar-refractivity contribution >= 4 is 17.9 Å². The maximum atomic E-state index is 12.9. The number of esters is 3. The van der Waals surface area contributed by atoms with E-state index in [1.165, 1.54) is 51.4 Å². The highest BCUT2D eigenvalue weighted by Gasteiger charge is 2.19. The first kappa shape index (κ1) is 64.8. The zero-order valence-electron chi connectivity index (χ0n) is 44.5. The molecular formula is C63H102O6. The molecule has 0 spiro atoms. The Hall–Kier alpha value is -4.19. The molecule has 0 aliphatic heterocycles. The smallest absolute Gasteiger partial charge is 0.306 e. The molecule has 0 saturated heterocycles. The van der Waals surface area contributed by atoms with Gasteiger partial charge in [0.2, 0.25) is 0 Å². The van der Waals surface area contributed by atoms with Gasteiger partial charge in [0.15, 0.2) is 6.10 Å². The first-order chi connectivity index (χ1) is 34.0. The van der Waals surface area contributed by atoms with E-state index in [0.717, 1.165) is 148 Å². The molecule has 0 fully saturated rings. The average Bonchev–Trinajstić information content (AvgIpc) is 3.35. The SMILES string of the molecule is CC/C=C\C/C=C\C/C=C\C/C=C\C/C=C\CCCCCC(=O)OCC(COC(=O)CCCCCCC/C=C\C/C=C\CCCCC)OC(=O)CCCCCCCCC/C=C\C/C=C\C/C=C\CC. The molecule has 0 aromatic carbocycles. The number of hydrogen-bond acceptors (Lipinski definition) is 6. The molecule has 69 heavy (non-hydrogen) atoms. The Morgan fingerprint density at radius 1 is 0.304 bits per heavy atom. The van der Waals surface area contributed by atoms with Crippen molar-refractivity contribution < 1.29 is 28.6 Å². The molecule has 6 heteroatoms. The zero-order chi connectivity index (χ0) is 50.0. The van der Waals surface area contributed by atoms with Gasteiger partial charge in [-0.05, 0) is 128 Å². The molecule has 0 aromatic rings. The van der Waals surface area contributed by atoms with Crippen molar-refractivity contribution in [3.8, 4) is 0 Å². The predicted octanol–water partition coefficient (Wildman–Crippen LogP) is 18.9. The number of hydrogen-bond donors (Lipinski definition) is 0. The van der Waals surface area contributed by atoms with Crippen molar-refractivity contribution in [2.75, 3.05) is 13.2 Å². The van der Waals surface area contributed by atoms with Gasteiger partial charge in [0, 0.05) is 19.3 Å². The summed E-state index contributed by atoms with van der Waals surface area (Å²) in [5.74, 6) is -0.962. The lowest BCUT2D eigenvalue weighted by atomic mass is 10.1. The van der Waals surface area contributed by atoms with Crippen LogP contribution in [0.4, 0.5) is 0 Å². The third-order valence-corrected chi connectivity index (χ3v) is 11.4. The minimum absolute atomic E-state index is 0.103. The molecule has 0 heterocycles. The summed E-state index contributed by atoms with van der Waals surface area (Å²) < 4.78 is 16.8. The van der Waals surface area contributed by atoms with Crippen molar-refractivity contribution in [2.45, 2.75) is 245 Å². The number of carbonyl (C=O) groups excluding carboxylic acids is 3. The van der Waals surface area contributed by atoms with Crippen LogP contribution in [0.5, 0.6) is 0 Å². The highest BCUT2D eigenvalue weighted by molar-refractivity contribution is 5.71. The lowest BCUT2D eigenvalue weighted by Crippen LogP contribution is -2.30. The number of ether oxygens (including phenoxy) is 3. The molecule has 0 aliphatic rings. The van der Waals surface area contributed by atoms with Crippen LogP contribution in [0.1, 0.15) is 239 Å². The van der Waals surface area contributed by atoms with Gasteiger partial charge < -0.3 is 14.2 Å². The van der Waals surface area contributed by atoms with Crippen molar-refractivity contribution in [1.82, 2.24) is 0 Å². The first-order valence-corrected chi connectivity index (χ1v) is 28.0. The van der Waals surface area contributed by atoms with E-state index < -0.39 is 6.10 Å². The van der Waals surface area contributed by atoms with Crippen molar-refractivity contribution in [2.24, 2.45) is 0 Å². The molecule has 0 aliphatic carbocycles. The molecule has 0 rings (SSSR count). The number of carbonyl (C=O) groups is 3. The molecule has 1 unspecified atom stereocenters. The quantitative estimate of drug-likeness (QED) is 0.0262. The summed E-state index contributed by atoms with van der Waals surface area (Å²) in [7, 11) is 0. The second-order valence-electron chi connectivity index (χ2n) is 18.1. The Morgan fingerprint density at radius 3 is 0.899 bits per heavy atom. The number of allylic oxidation sites excluding steroid dienone is 20. The van der Waals surface area contributed by atoms with Crippen LogP contribution in [0, 0.1) is 0 Å². The predicted molar refractivity (Wildman–Crippen MR) is 297 cm³/mol. The van der Waals surface area contributed by atoms with Gasteiger partial charge in [-0.25, -0.2) is 0 Å². The van der Waals surface area contributed by atoms with E-state index in [2.05, 4.69) is 142 Å². The maximum absolute atomic E-state index is 12.9. The summed E-state index contributed by atoms with van der Waals surface area (Å²) >= 11 is 0. The van der Waals surface area contributed by atoms with Crippen LogP contribution in [0.2, 0.25) is 0 Å². The number of unbranched alkanes of at least 4 members (excludes halogenated alkanes) is 18. The summed E-state index contributed by atoms with van der Waals surface area (Å²) in [6.45, 7) is 6.33. The largest absolute Gasteiger partial charge is 0.462 e. The Morgan fingerprint density at radius 2 is 0.565 bits per heavy atom. The van der Waals surface area contributed by atoms with Gasteiger partial charge in [-0.1, -0.05) is 213 Å². The molecule has 6 nitrogen and oxygen atoms in total. The van der Waals surface area contributed by atoms with Gasteiger partial charge in [-0.3, -0.25) is 14.4 Å². The highest BCUT2D eigenvalue weighted by atomic mass is 16.6. The summed E-state index contributed by atoms with van der Waals surface area (Å²) in [6, 6.07) is 0. The van der Waals surface area contributed by atoms with Crippen LogP contribution in [-0.2, 0) is 28.6 Å². The third kappa shape index (κ3) is 54.6. The van der Waals surface area contributed by atoms with Crippen LogP contribution in [-0.4, -0.2) is 37.2 Å². The molecule has 0 aromatic heterocycles. The van der Waals surface area contributed by atoms with Gasteiger partial charge in [0.05, 0.1) is 0 Å². The van der Waals surface area contributed by atoms with Crippen molar-refractivity contribution in [3.05, 3.63) is 122 Å². The van der Waals surface area contributed by atoms with Crippen molar-refractivity contribution in [3.63, 3.8) is 0 Å². The first-order valence-electron chi connectivity index (χ1n) is 28.0. The summed E-state index contributed by atoms with van der Waals surface area (Å²) in [5, 5.41) is 0. The van der Waals surface area contributed by atoms with Crippen LogP contribution in [0.3, 0.4) is 0 Å². The fourth-order valence-corrected chi connectivity index (χ4v) is 7.28. The monoisotopic (exact) mass is 955 g/mol. The summed E-state index contributed by atoms with van der Waals surface area (Å²) in [4.78, 5) is 38.1. The molecule has 0 N–H and O–H groups in total. The van der Waals surface area contributed by atoms with E-state index in [1.807, 2.05) is 0 Å². The van der Waals surface area contributed by atoms with Crippen LogP contribution < -0.4 is 0 Å². The van der Waals surface area contributed by atoms with Gasteiger partial charge >= 0.3 is 17.9 Å². The standard InChI is InChI=1S/C63H102O6/c1-4-7-10-13-16-19-22-25-28-30-31-33-35-38-41-44-47-50-53-56-62(65)68-59-60(58-67-61(64)55-52-49-46-43-40-37-34-27-24-21-18-15-12-9-6-3)69-63(66)57-54-51-48-45-42-39-36-32-29-26-23-20-17-14-11-8-5-2/h7-8,10-11,16-21,25-29,31,33-34,38,41,60H,4-6,9,12-15,22-24,30,32,35-37,39-40,42-59H2,1-3H3/b10-7-,11-8-,19-16-,20-17-,21-18-,28-25-,29-26-,33-31-,34-27-,41-38-. The third-order valence-electron chi connectivity index (χ3n) is 11.4. The molecule has 0 radical (unpaired) electrons. The lowest BCUT2D eigenvalue weighted by molar-refractivity contribution is -0.167. The highest BCUT2D eigenvalue weighted by Crippen LogP contribution is 2.13. The molecule has 390 valence electrons. The molecule has 0 amide bonds. The van der Waals surface area contributed by atoms with Crippen LogP contribution >= 0.6 is 0 Å². The fourth-order valence-electron chi connectivity index (χ4n) is 7.28. The van der Waals surface area contributed by atoms with Crippen LogP contribution in [0.15, 0.2) is 122 Å². The summed E-state index contributed by atoms with van der Waals surface area (Å²) in [6.07, 6.45) is 77.5. The molecule has 0 bridgehead atoms. The van der Waals surface area contributed by atoms with E-state index in [9.17, 15) is 14.4 Å². The zero-order valence-corrected chi connectivity index (χ0v) is 44.5. The second-order valence-corrected chi connectivity index (χ2v) is 18.1. The van der Waals surface area contributed by atoms with Gasteiger partial charge in [0.25, 0.3) is 0 Å². The minimum atomic E-state index is -0.807. The van der Waals surface area contributed by atoms with E-state index in [-0.39, 0.29) is 31.1 Å². The molecular weight excluding hydrogens is 853 g/mol. The Kier molecular flexibility index (Phi) is 53.0. The van der Waals surface area contributed by atoms with E-state index in [4.69, 9.17) is 14.2 Å². The fraction of sp³-hybridized carbons (Fsp3) is 0.635. The second kappa shape index (κ2) is 56.4. The Balaban J connectivity index is 4.51. The molecule has 1 atom stereocenters. The van der Waals surface area contributed by atoms with E-state index >= 15 is 0 Å². The topological polar surface area (TPSA) is 78.9 Å². The van der Waals surface area contributed by atoms with Gasteiger partial charge in [-0.15, -0.1) is 0 Å². The van der Waals surface area contributed by atoms with E-state index in [1.54, 1.807) is 0 Å². The normalized spacial score (nSPS) is 13.0. The Bertz CT molecular complexity index is 1470. The molecule has 0 saturated carbocycles. The lowest BCUT2D eigenvalue weighted by Gasteiger charge is -2.18. The average molecular weight is 956 g/mol. The van der Waals surface area contributed by atoms with Gasteiger partial charge in [-0.2, -0.15) is 0 Å². The summed E-state index contributed by atoms with van der Waals surface area (Å²) in [5.41, 5.74) is 0. The Labute approximate surface area is 424 Å². The van der Waals surface area contributed by atoms with Gasteiger partial charge in [0.1, 0.15) is 13.2 Å². The maximum Gasteiger partial charge on any atom is 0.306 e. The van der Waals surface area contributed by atoms with E-state index in [0.29, 0.717) is 19.3 Å². The number of rotatable bonds is 49. The minimum Gasteiger partial charge on any atom is -0.462 e. The van der Waals surface area contributed by atoms with Crippen LogP contribution in [0.25, 0.3) is 0 Å².